The molecule has 5 nitrogen and oxygen atoms in total. The number of carbonyl (C=O) groups excluding carboxylic acids is 1. The van der Waals surface area contributed by atoms with Gasteiger partial charge < -0.3 is 5.32 Å². The molecular weight excluding hydrogens is 350 g/mol. The molecule has 1 amide bonds. The molecule has 0 spiro atoms. The van der Waals surface area contributed by atoms with Crippen molar-refractivity contribution < 1.29 is 4.79 Å². The van der Waals surface area contributed by atoms with E-state index in [-0.39, 0.29) is 5.56 Å². The molecule has 1 N–H and O–H groups in total. The van der Waals surface area contributed by atoms with Gasteiger partial charge in [-0.25, -0.2) is 0 Å². The summed E-state index contributed by atoms with van der Waals surface area (Å²) in [6.07, 6.45) is 0.691. The van der Waals surface area contributed by atoms with E-state index >= 15 is 0 Å². The second kappa shape index (κ2) is 8.36. The van der Waals surface area contributed by atoms with Crippen LogP contribution in [-0.2, 0) is 6.42 Å². The van der Waals surface area contributed by atoms with Gasteiger partial charge in [0.05, 0.1) is 17.3 Å². The zero-order valence-electron chi connectivity index (χ0n) is 15.9. The Morgan fingerprint density at radius 1 is 1.07 bits per heavy atom. The van der Waals surface area contributed by atoms with E-state index in [1.54, 1.807) is 43.3 Å². The molecule has 3 aromatic rings. The Kier molecular flexibility index (Phi) is 5.71. The molecule has 5 heteroatoms. The van der Waals surface area contributed by atoms with Gasteiger partial charge in [0.1, 0.15) is 5.56 Å². The minimum absolute atomic E-state index is 0.0804. The van der Waals surface area contributed by atoms with Crippen LogP contribution in [-0.4, -0.2) is 17.0 Å². The molecule has 1 heterocycles. The van der Waals surface area contributed by atoms with E-state index in [2.05, 4.69) is 11.4 Å². The maximum absolute atomic E-state index is 12.9. The van der Waals surface area contributed by atoms with Crippen LogP contribution in [0.2, 0.25) is 0 Å². The number of carbonyl (C=O) groups is 1. The summed E-state index contributed by atoms with van der Waals surface area (Å²) in [6, 6.07) is 20.2. The maximum atomic E-state index is 12.9. The van der Waals surface area contributed by atoms with E-state index in [1.165, 1.54) is 10.1 Å². The Labute approximate surface area is 163 Å². The molecule has 0 aliphatic heterocycles. The highest BCUT2D eigenvalue weighted by Crippen LogP contribution is 2.11. The first-order valence-electron chi connectivity index (χ1n) is 9.06. The lowest BCUT2D eigenvalue weighted by atomic mass is 10.1. The number of nitriles is 1. The predicted molar refractivity (Wildman–Crippen MR) is 109 cm³/mol. The molecule has 0 unspecified atom stereocenters. The van der Waals surface area contributed by atoms with E-state index in [0.717, 1.165) is 5.56 Å². The van der Waals surface area contributed by atoms with Crippen LogP contribution in [0.4, 0.5) is 0 Å². The lowest BCUT2D eigenvalue weighted by Crippen LogP contribution is -2.34. The number of nitrogens with one attached hydrogen (secondary N) is 1. The van der Waals surface area contributed by atoms with Crippen LogP contribution in [0.5, 0.6) is 0 Å². The van der Waals surface area contributed by atoms with E-state index in [1.807, 2.05) is 31.2 Å². The third kappa shape index (κ3) is 4.18. The van der Waals surface area contributed by atoms with Crippen LogP contribution in [0, 0.1) is 25.2 Å². The maximum Gasteiger partial charge on any atom is 0.268 e. The van der Waals surface area contributed by atoms with E-state index < -0.39 is 11.5 Å². The Morgan fingerprint density at radius 2 is 1.82 bits per heavy atom. The molecule has 0 fully saturated rings. The number of rotatable bonds is 5. The Bertz CT molecular complexity index is 1110. The van der Waals surface area contributed by atoms with Crippen LogP contribution < -0.4 is 10.9 Å². The highest BCUT2D eigenvalue weighted by molar-refractivity contribution is 5.93. The van der Waals surface area contributed by atoms with Gasteiger partial charge >= 0.3 is 0 Å². The second-order valence-corrected chi connectivity index (χ2v) is 6.68. The number of benzene rings is 2. The highest BCUT2D eigenvalue weighted by atomic mass is 16.2. The summed E-state index contributed by atoms with van der Waals surface area (Å²) in [7, 11) is 0. The average Bonchev–Trinajstić information content (AvgIpc) is 2.69. The van der Waals surface area contributed by atoms with Gasteiger partial charge in [0.2, 0.25) is 0 Å². The molecule has 28 heavy (non-hydrogen) atoms. The van der Waals surface area contributed by atoms with Crippen LogP contribution in [0.25, 0.3) is 5.69 Å². The summed E-state index contributed by atoms with van der Waals surface area (Å²) < 4.78 is 1.45. The third-order valence-electron chi connectivity index (χ3n) is 4.58. The smallest absolute Gasteiger partial charge is 0.268 e. The van der Waals surface area contributed by atoms with Crippen molar-refractivity contribution in [1.29, 1.82) is 5.26 Å². The summed E-state index contributed by atoms with van der Waals surface area (Å²) in [5, 5.41) is 11.9. The second-order valence-electron chi connectivity index (χ2n) is 6.68. The predicted octanol–water partition coefficient (Wildman–Crippen LogP) is 3.30. The van der Waals surface area contributed by atoms with Crippen molar-refractivity contribution >= 4 is 5.91 Å². The topological polar surface area (TPSA) is 74.9 Å². The molecule has 0 aliphatic carbocycles. The minimum atomic E-state index is -0.401. The van der Waals surface area contributed by atoms with E-state index in [9.17, 15) is 9.59 Å². The van der Waals surface area contributed by atoms with Crippen molar-refractivity contribution in [3.05, 3.63) is 99.0 Å². The number of amides is 1. The van der Waals surface area contributed by atoms with Gasteiger partial charge in [0.15, 0.2) is 0 Å². The Balaban J connectivity index is 1.80. The zero-order valence-corrected chi connectivity index (χ0v) is 15.9. The molecule has 0 bridgehead atoms. The molecule has 0 atom stereocenters. The number of nitrogens with zero attached hydrogens (tertiary/aromatic N) is 2. The fourth-order valence-corrected chi connectivity index (χ4v) is 3.01. The van der Waals surface area contributed by atoms with Crippen molar-refractivity contribution in [2.75, 3.05) is 6.54 Å². The molecule has 140 valence electrons. The zero-order chi connectivity index (χ0) is 20.1. The van der Waals surface area contributed by atoms with Crippen molar-refractivity contribution in [3.63, 3.8) is 0 Å². The molecule has 0 aliphatic rings. The van der Waals surface area contributed by atoms with Gasteiger partial charge in [-0.2, -0.15) is 5.26 Å². The first-order valence-corrected chi connectivity index (χ1v) is 9.06. The van der Waals surface area contributed by atoms with Gasteiger partial charge in [-0.1, -0.05) is 35.9 Å². The quantitative estimate of drug-likeness (QED) is 0.748. The monoisotopic (exact) mass is 371 g/mol. The molecule has 0 saturated heterocycles. The standard InChI is InChI=1S/C23H21N3O2/c1-16-6-9-18(10-7-16)12-13-25-22(27)21-11-8-17(2)26(23(21)28)20-5-3-4-19(14-20)15-24/h3-11,14H,12-13H2,1-2H3,(H,25,27). The van der Waals surface area contributed by atoms with Crippen LogP contribution in [0.1, 0.15) is 32.7 Å². The number of hydrogen-bond acceptors (Lipinski definition) is 3. The largest absolute Gasteiger partial charge is 0.352 e. The number of aryl methyl sites for hydroxylation is 2. The first kappa shape index (κ1) is 19.1. The van der Waals surface area contributed by atoms with Crippen LogP contribution >= 0.6 is 0 Å². The van der Waals surface area contributed by atoms with E-state index in [4.69, 9.17) is 5.26 Å². The SMILES string of the molecule is Cc1ccc(CCNC(=O)c2ccc(C)n(-c3cccc(C#N)c3)c2=O)cc1. The summed E-state index contributed by atoms with van der Waals surface area (Å²) in [4.78, 5) is 25.5. The van der Waals surface area contributed by atoms with Gasteiger partial charge in [-0.05, 0) is 56.2 Å². The molecule has 0 saturated carbocycles. The Morgan fingerprint density at radius 3 is 2.54 bits per heavy atom. The lowest BCUT2D eigenvalue weighted by molar-refractivity contribution is 0.0952. The van der Waals surface area contributed by atoms with Gasteiger partial charge in [0, 0.05) is 12.2 Å². The van der Waals surface area contributed by atoms with Crippen molar-refractivity contribution in [1.82, 2.24) is 9.88 Å². The van der Waals surface area contributed by atoms with Gasteiger partial charge in [0.25, 0.3) is 11.5 Å². The van der Waals surface area contributed by atoms with Gasteiger partial charge in [-0.3, -0.25) is 14.2 Å². The van der Waals surface area contributed by atoms with Gasteiger partial charge in [-0.15, -0.1) is 0 Å². The van der Waals surface area contributed by atoms with Crippen LogP contribution in [0.15, 0.2) is 65.5 Å². The fourth-order valence-electron chi connectivity index (χ4n) is 3.01. The number of hydrogen-bond donors (Lipinski definition) is 1. The van der Waals surface area contributed by atoms with E-state index in [0.29, 0.717) is 29.9 Å². The Hall–Kier alpha value is -3.65. The first-order chi connectivity index (χ1) is 13.5. The normalized spacial score (nSPS) is 10.3. The molecule has 2 aromatic carbocycles. The molecule has 0 radical (unpaired) electrons. The molecule has 3 rings (SSSR count). The number of pyridine rings is 1. The average molecular weight is 371 g/mol. The summed E-state index contributed by atoms with van der Waals surface area (Å²) in [5.41, 5.74) is 3.71. The summed E-state index contributed by atoms with van der Waals surface area (Å²) >= 11 is 0. The van der Waals surface area contributed by atoms with Crippen molar-refractivity contribution in [3.8, 4) is 11.8 Å². The summed E-state index contributed by atoms with van der Waals surface area (Å²) in [5.74, 6) is -0.401. The molecule has 1 aromatic heterocycles. The minimum Gasteiger partial charge on any atom is -0.352 e. The van der Waals surface area contributed by atoms with Crippen molar-refractivity contribution in [2.45, 2.75) is 20.3 Å². The van der Waals surface area contributed by atoms with Crippen LogP contribution in [0.3, 0.4) is 0 Å². The highest BCUT2D eigenvalue weighted by Gasteiger charge is 2.14. The fraction of sp³-hybridized carbons (Fsp3) is 0.174. The lowest BCUT2D eigenvalue weighted by Gasteiger charge is -2.12. The number of aromatic nitrogens is 1. The third-order valence-corrected chi connectivity index (χ3v) is 4.58. The van der Waals surface area contributed by atoms with Crippen molar-refractivity contribution in [2.24, 2.45) is 0 Å². The summed E-state index contributed by atoms with van der Waals surface area (Å²) in [6.45, 7) is 4.26. The molecular formula is C23H21N3O2.